The van der Waals surface area contributed by atoms with Crippen LogP contribution >= 0.6 is 0 Å². The molecule has 27 heavy (non-hydrogen) atoms. The van der Waals surface area contributed by atoms with Crippen LogP contribution in [0.4, 0.5) is 4.39 Å². The second kappa shape index (κ2) is 9.00. The van der Waals surface area contributed by atoms with Crippen molar-refractivity contribution < 1.29 is 13.9 Å². The zero-order valence-electron chi connectivity index (χ0n) is 16.0. The van der Waals surface area contributed by atoms with Gasteiger partial charge in [0.25, 0.3) is 0 Å². The van der Waals surface area contributed by atoms with Crippen molar-refractivity contribution in [2.24, 2.45) is 0 Å². The summed E-state index contributed by atoms with van der Waals surface area (Å²) in [7, 11) is 1.47. The molecule has 2 aromatic carbocycles. The molecule has 5 heteroatoms. The summed E-state index contributed by atoms with van der Waals surface area (Å²) >= 11 is 0. The van der Waals surface area contributed by atoms with Crippen LogP contribution in [0.25, 0.3) is 0 Å². The molecule has 1 aliphatic heterocycles. The number of nitrogens with one attached hydrogen (secondary N) is 1. The van der Waals surface area contributed by atoms with E-state index in [-0.39, 0.29) is 23.5 Å². The largest absolute Gasteiger partial charge is 0.494 e. The van der Waals surface area contributed by atoms with Crippen molar-refractivity contribution in [2.75, 3.05) is 20.2 Å². The lowest BCUT2D eigenvalue weighted by molar-refractivity contribution is -0.121. The molecule has 0 unspecified atom stereocenters. The van der Waals surface area contributed by atoms with E-state index in [0.29, 0.717) is 13.0 Å². The van der Waals surface area contributed by atoms with Crippen LogP contribution in [-0.2, 0) is 17.8 Å². The molecule has 0 saturated carbocycles. The topological polar surface area (TPSA) is 41.6 Å². The Morgan fingerprint density at radius 3 is 2.44 bits per heavy atom. The van der Waals surface area contributed by atoms with E-state index < -0.39 is 0 Å². The standard InChI is InChI=1S/C22H27FN2O2/c1-16-3-5-17(6-4-16)14-22(26)24-19-9-11-25(12-10-19)15-18-7-8-21(27-2)20(23)13-18/h3-8,13,19H,9-12,14-15H2,1-2H3,(H,24,26). The Balaban J connectivity index is 1.44. The van der Waals surface area contributed by atoms with Gasteiger partial charge in [-0.3, -0.25) is 9.69 Å². The number of ether oxygens (including phenoxy) is 1. The third kappa shape index (κ3) is 5.54. The molecule has 0 radical (unpaired) electrons. The van der Waals surface area contributed by atoms with Crippen LogP contribution in [0.3, 0.4) is 0 Å². The second-order valence-electron chi connectivity index (χ2n) is 7.25. The van der Waals surface area contributed by atoms with Crippen molar-refractivity contribution in [3.63, 3.8) is 0 Å². The second-order valence-corrected chi connectivity index (χ2v) is 7.25. The van der Waals surface area contributed by atoms with Crippen molar-refractivity contribution in [3.8, 4) is 5.75 Å². The SMILES string of the molecule is COc1ccc(CN2CCC(NC(=O)Cc3ccc(C)cc3)CC2)cc1F. The fraction of sp³-hybridized carbons (Fsp3) is 0.409. The maximum Gasteiger partial charge on any atom is 0.224 e. The van der Waals surface area contributed by atoms with Crippen LogP contribution in [-0.4, -0.2) is 37.0 Å². The maximum absolute atomic E-state index is 13.8. The predicted molar refractivity (Wildman–Crippen MR) is 104 cm³/mol. The number of benzene rings is 2. The minimum absolute atomic E-state index is 0.0783. The Hall–Kier alpha value is -2.40. The number of carbonyl (C=O) groups excluding carboxylic acids is 1. The van der Waals surface area contributed by atoms with Crippen molar-refractivity contribution >= 4 is 5.91 Å². The van der Waals surface area contributed by atoms with Gasteiger partial charge in [0.2, 0.25) is 5.91 Å². The highest BCUT2D eigenvalue weighted by atomic mass is 19.1. The molecule has 1 fully saturated rings. The average Bonchev–Trinajstić information content (AvgIpc) is 2.65. The molecule has 0 aromatic heterocycles. The fourth-order valence-corrected chi connectivity index (χ4v) is 3.47. The highest BCUT2D eigenvalue weighted by Gasteiger charge is 2.21. The van der Waals surface area contributed by atoms with Crippen LogP contribution in [0.1, 0.15) is 29.5 Å². The number of hydrogen-bond acceptors (Lipinski definition) is 3. The maximum atomic E-state index is 13.8. The number of hydrogen-bond donors (Lipinski definition) is 1. The van der Waals surface area contributed by atoms with Gasteiger partial charge in [0, 0.05) is 25.7 Å². The molecular formula is C22H27FN2O2. The van der Waals surface area contributed by atoms with E-state index in [1.165, 1.54) is 18.7 Å². The highest BCUT2D eigenvalue weighted by Crippen LogP contribution is 2.20. The molecule has 1 N–H and O–H groups in total. The summed E-state index contributed by atoms with van der Waals surface area (Å²) in [4.78, 5) is 14.6. The number of likely N-dealkylation sites (tertiary alicyclic amines) is 1. The predicted octanol–water partition coefficient (Wildman–Crippen LogP) is 3.47. The van der Waals surface area contributed by atoms with Crippen molar-refractivity contribution in [1.29, 1.82) is 0 Å². The number of rotatable bonds is 6. The van der Waals surface area contributed by atoms with Crippen LogP contribution in [0.5, 0.6) is 5.75 Å². The summed E-state index contributed by atoms with van der Waals surface area (Å²) in [6.45, 7) is 4.54. The molecule has 144 valence electrons. The van der Waals surface area contributed by atoms with Crippen molar-refractivity contribution in [1.82, 2.24) is 10.2 Å². The summed E-state index contributed by atoms with van der Waals surface area (Å²) in [5.41, 5.74) is 3.18. The number of halogens is 1. The molecule has 1 heterocycles. The fourth-order valence-electron chi connectivity index (χ4n) is 3.47. The molecule has 1 saturated heterocycles. The quantitative estimate of drug-likeness (QED) is 0.847. The lowest BCUT2D eigenvalue weighted by Gasteiger charge is -2.32. The molecule has 1 amide bonds. The van der Waals surface area contributed by atoms with Gasteiger partial charge in [0.15, 0.2) is 11.6 Å². The highest BCUT2D eigenvalue weighted by molar-refractivity contribution is 5.78. The van der Waals surface area contributed by atoms with Gasteiger partial charge in [-0.1, -0.05) is 35.9 Å². The summed E-state index contributed by atoms with van der Waals surface area (Å²) in [6, 6.07) is 13.4. The Kier molecular flexibility index (Phi) is 6.45. The Morgan fingerprint density at radius 1 is 1.15 bits per heavy atom. The molecule has 0 atom stereocenters. The number of amides is 1. The van der Waals surface area contributed by atoms with E-state index in [4.69, 9.17) is 4.74 Å². The lowest BCUT2D eigenvalue weighted by atomic mass is 10.0. The molecule has 0 aliphatic carbocycles. The zero-order chi connectivity index (χ0) is 19.2. The zero-order valence-corrected chi connectivity index (χ0v) is 16.0. The van der Waals surface area contributed by atoms with E-state index in [1.54, 1.807) is 6.07 Å². The number of carbonyl (C=O) groups is 1. The lowest BCUT2D eigenvalue weighted by Crippen LogP contribution is -2.44. The molecule has 1 aliphatic rings. The minimum atomic E-state index is -0.326. The number of methoxy groups -OCH3 is 1. The first-order chi connectivity index (χ1) is 13.0. The smallest absolute Gasteiger partial charge is 0.224 e. The van der Waals surface area contributed by atoms with Crippen molar-refractivity contribution in [3.05, 3.63) is 65.0 Å². The first kappa shape index (κ1) is 19.4. The van der Waals surface area contributed by atoms with E-state index in [2.05, 4.69) is 10.2 Å². The van der Waals surface area contributed by atoms with Crippen molar-refractivity contribution in [2.45, 2.75) is 38.8 Å². The number of aryl methyl sites for hydroxylation is 1. The van der Waals surface area contributed by atoms with Gasteiger partial charge in [-0.2, -0.15) is 0 Å². The van der Waals surface area contributed by atoms with Crippen LogP contribution in [0.2, 0.25) is 0 Å². The first-order valence-corrected chi connectivity index (χ1v) is 9.43. The Labute approximate surface area is 160 Å². The van der Waals surface area contributed by atoms with E-state index >= 15 is 0 Å². The summed E-state index contributed by atoms with van der Waals surface area (Å²) < 4.78 is 18.8. The van der Waals surface area contributed by atoms with Gasteiger partial charge >= 0.3 is 0 Å². The van der Waals surface area contributed by atoms with E-state index in [0.717, 1.165) is 37.1 Å². The monoisotopic (exact) mass is 370 g/mol. The number of nitrogens with zero attached hydrogens (tertiary/aromatic N) is 1. The molecule has 2 aromatic rings. The Morgan fingerprint density at radius 2 is 1.81 bits per heavy atom. The van der Waals surface area contributed by atoms with Crippen LogP contribution in [0, 0.1) is 12.7 Å². The summed E-state index contributed by atoms with van der Waals surface area (Å²) in [6.07, 6.45) is 2.25. The van der Waals surface area contributed by atoms with Gasteiger partial charge in [-0.05, 0) is 43.0 Å². The third-order valence-corrected chi connectivity index (χ3v) is 5.06. The Bertz CT molecular complexity index is 768. The van der Waals surface area contributed by atoms with E-state index in [9.17, 15) is 9.18 Å². The summed E-state index contributed by atoms with van der Waals surface area (Å²) in [5.74, 6) is 0.0246. The molecular weight excluding hydrogens is 343 g/mol. The molecule has 0 spiro atoms. The summed E-state index contributed by atoms with van der Waals surface area (Å²) in [5, 5.41) is 3.15. The van der Waals surface area contributed by atoms with Crippen LogP contribution < -0.4 is 10.1 Å². The number of piperidine rings is 1. The van der Waals surface area contributed by atoms with Gasteiger partial charge < -0.3 is 10.1 Å². The van der Waals surface area contributed by atoms with Gasteiger partial charge in [-0.15, -0.1) is 0 Å². The van der Waals surface area contributed by atoms with Crippen LogP contribution in [0.15, 0.2) is 42.5 Å². The molecule has 0 bridgehead atoms. The van der Waals surface area contributed by atoms with E-state index in [1.807, 2.05) is 37.3 Å². The van der Waals surface area contributed by atoms with Gasteiger partial charge in [0.05, 0.1) is 13.5 Å². The average molecular weight is 370 g/mol. The first-order valence-electron chi connectivity index (χ1n) is 9.43. The molecule has 3 rings (SSSR count). The van der Waals surface area contributed by atoms with Gasteiger partial charge in [-0.25, -0.2) is 4.39 Å². The minimum Gasteiger partial charge on any atom is -0.494 e. The van der Waals surface area contributed by atoms with Gasteiger partial charge in [0.1, 0.15) is 0 Å². The normalized spacial score (nSPS) is 15.5. The third-order valence-electron chi connectivity index (χ3n) is 5.06. The molecule has 4 nitrogen and oxygen atoms in total.